The smallest absolute Gasteiger partial charge is 0.297 e. The maximum Gasteiger partial charge on any atom is 0.297 e. The van der Waals surface area contributed by atoms with Gasteiger partial charge in [0.2, 0.25) is 11.8 Å². The van der Waals surface area contributed by atoms with Crippen molar-refractivity contribution in [1.82, 2.24) is 0 Å². The summed E-state index contributed by atoms with van der Waals surface area (Å²) >= 11 is 0. The van der Waals surface area contributed by atoms with E-state index in [4.69, 9.17) is 4.74 Å². The molecule has 0 radical (unpaired) electrons. The van der Waals surface area contributed by atoms with E-state index in [1.165, 1.54) is 12.1 Å². The van der Waals surface area contributed by atoms with Crippen molar-refractivity contribution in [2.24, 2.45) is 11.8 Å². The van der Waals surface area contributed by atoms with Gasteiger partial charge >= 0.3 is 0 Å². The van der Waals surface area contributed by atoms with Gasteiger partial charge in [-0.15, -0.1) is 0 Å². The minimum Gasteiger partial charge on any atom is -0.494 e. The van der Waals surface area contributed by atoms with Gasteiger partial charge in [-0.1, -0.05) is 11.1 Å². The Labute approximate surface area is 145 Å². The van der Waals surface area contributed by atoms with E-state index in [9.17, 15) is 19.7 Å². The maximum atomic E-state index is 12.8. The first-order chi connectivity index (χ1) is 11.8. The van der Waals surface area contributed by atoms with Crippen LogP contribution in [-0.4, -0.2) is 23.3 Å². The lowest BCUT2D eigenvalue weighted by atomic mass is 9.78. The van der Waals surface area contributed by atoms with E-state index in [2.05, 4.69) is 0 Å². The molecule has 0 unspecified atom stereocenters. The molecular weight excluding hydrogens is 324 g/mol. The fraction of sp³-hybridized carbons (Fsp3) is 0.444. The number of fused-ring (bicyclic) bond motifs is 1. The minimum atomic E-state index is -0.588. The van der Waals surface area contributed by atoms with Gasteiger partial charge in [0.1, 0.15) is 11.4 Å². The van der Waals surface area contributed by atoms with E-state index in [0.717, 1.165) is 16.0 Å². The van der Waals surface area contributed by atoms with E-state index in [0.29, 0.717) is 25.2 Å². The molecule has 0 saturated carbocycles. The van der Waals surface area contributed by atoms with Gasteiger partial charge < -0.3 is 4.74 Å². The molecule has 0 spiro atoms. The molecule has 7 heteroatoms. The van der Waals surface area contributed by atoms with Gasteiger partial charge in [-0.25, -0.2) is 4.90 Å². The largest absolute Gasteiger partial charge is 0.494 e. The van der Waals surface area contributed by atoms with Crippen LogP contribution >= 0.6 is 0 Å². The van der Waals surface area contributed by atoms with Gasteiger partial charge in [0, 0.05) is 0 Å². The number of nitro groups is 1. The molecule has 1 aliphatic carbocycles. The number of benzene rings is 1. The topological polar surface area (TPSA) is 89.8 Å². The summed E-state index contributed by atoms with van der Waals surface area (Å²) in [7, 11) is 0. The van der Waals surface area contributed by atoms with Gasteiger partial charge in [0.05, 0.1) is 29.4 Å². The summed E-state index contributed by atoms with van der Waals surface area (Å²) in [5.41, 5.74) is 1.96. The number of carbonyl (C=O) groups excluding carboxylic acids is 2. The molecule has 2 amide bonds. The average Bonchev–Trinajstić information content (AvgIpc) is 2.79. The third-order valence-corrected chi connectivity index (χ3v) is 5.04. The second kappa shape index (κ2) is 6.31. The number of amides is 2. The molecule has 3 rings (SSSR count). The third kappa shape index (κ3) is 2.79. The Hall–Kier alpha value is -2.70. The van der Waals surface area contributed by atoms with Crippen LogP contribution in [0.25, 0.3) is 0 Å². The van der Waals surface area contributed by atoms with E-state index < -0.39 is 16.8 Å². The van der Waals surface area contributed by atoms with Gasteiger partial charge in [-0.2, -0.15) is 0 Å². The number of rotatable bonds is 4. The standard InChI is InChI=1S/C18H20N2O5/c1-4-25-12-5-6-15(16(9-12)20(23)24)19-17(21)13-7-10(2)11(3)8-14(13)18(19)22/h5-6,9,13-14H,4,7-8H2,1-3H3/t13-,14+. The molecule has 132 valence electrons. The Morgan fingerprint density at radius 2 is 1.72 bits per heavy atom. The first-order valence-electron chi connectivity index (χ1n) is 8.29. The van der Waals surface area contributed by atoms with Crippen molar-refractivity contribution in [2.75, 3.05) is 11.5 Å². The van der Waals surface area contributed by atoms with Crippen LogP contribution in [0.15, 0.2) is 29.3 Å². The van der Waals surface area contributed by atoms with Crippen molar-refractivity contribution in [2.45, 2.75) is 33.6 Å². The minimum absolute atomic E-state index is 0.0214. The van der Waals surface area contributed by atoms with E-state index in [-0.39, 0.29) is 23.2 Å². The number of nitro benzene ring substituents is 1. The number of imide groups is 1. The summed E-state index contributed by atoms with van der Waals surface area (Å²) in [5, 5.41) is 11.5. The molecule has 1 aliphatic heterocycles. The fourth-order valence-corrected chi connectivity index (χ4v) is 3.58. The van der Waals surface area contributed by atoms with Gasteiger partial charge in [0.25, 0.3) is 5.69 Å². The molecule has 1 aromatic carbocycles. The molecule has 2 atom stereocenters. The molecule has 1 fully saturated rings. The zero-order chi connectivity index (χ0) is 18.3. The summed E-state index contributed by atoms with van der Waals surface area (Å²) in [5.74, 6) is -1.23. The Kier molecular flexibility index (Phi) is 4.32. The Bertz CT molecular complexity index is 767. The number of anilines is 1. The lowest BCUT2D eigenvalue weighted by Crippen LogP contribution is -2.31. The summed E-state index contributed by atoms with van der Waals surface area (Å²) in [4.78, 5) is 37.5. The van der Waals surface area contributed by atoms with Crippen LogP contribution in [0.1, 0.15) is 33.6 Å². The Morgan fingerprint density at radius 3 is 2.20 bits per heavy atom. The first-order valence-corrected chi connectivity index (χ1v) is 8.29. The zero-order valence-electron chi connectivity index (χ0n) is 14.4. The normalized spacial score (nSPS) is 23.1. The molecular formula is C18H20N2O5. The predicted molar refractivity (Wildman–Crippen MR) is 91.3 cm³/mol. The number of carbonyl (C=O) groups is 2. The van der Waals surface area contributed by atoms with Crippen LogP contribution in [0.3, 0.4) is 0 Å². The predicted octanol–water partition coefficient (Wildman–Crippen LogP) is 3.23. The highest BCUT2D eigenvalue weighted by Crippen LogP contribution is 2.44. The number of ether oxygens (including phenoxy) is 1. The lowest BCUT2D eigenvalue weighted by Gasteiger charge is -2.23. The quantitative estimate of drug-likeness (QED) is 0.362. The number of hydrogen-bond acceptors (Lipinski definition) is 5. The van der Waals surface area contributed by atoms with Crippen molar-refractivity contribution in [3.8, 4) is 5.75 Å². The molecule has 0 aromatic heterocycles. The van der Waals surface area contributed by atoms with Crippen molar-refractivity contribution in [3.63, 3.8) is 0 Å². The number of nitrogens with zero attached hydrogens (tertiary/aromatic N) is 2. The van der Waals surface area contributed by atoms with Crippen molar-refractivity contribution in [1.29, 1.82) is 0 Å². The highest BCUT2D eigenvalue weighted by Gasteiger charge is 2.51. The van der Waals surface area contributed by atoms with Crippen molar-refractivity contribution >= 4 is 23.2 Å². The summed E-state index contributed by atoms with van der Waals surface area (Å²) in [6.07, 6.45) is 1.06. The molecule has 2 aliphatic rings. The van der Waals surface area contributed by atoms with Gasteiger partial charge in [-0.05, 0) is 45.7 Å². The fourth-order valence-electron chi connectivity index (χ4n) is 3.58. The SMILES string of the molecule is CCOc1ccc(N2C(=O)[C@H]3CC(C)=C(C)C[C@H]3C2=O)c([N+](=O)[O-])c1. The summed E-state index contributed by atoms with van der Waals surface area (Å²) in [6.45, 7) is 6.07. The van der Waals surface area contributed by atoms with Crippen LogP contribution in [0.5, 0.6) is 5.75 Å². The molecule has 0 bridgehead atoms. The molecule has 1 aromatic rings. The Balaban J connectivity index is 2.02. The van der Waals surface area contributed by atoms with Crippen molar-refractivity contribution in [3.05, 3.63) is 39.5 Å². The molecule has 7 nitrogen and oxygen atoms in total. The second-order valence-electron chi connectivity index (χ2n) is 6.53. The van der Waals surface area contributed by atoms with Crippen LogP contribution in [0, 0.1) is 22.0 Å². The van der Waals surface area contributed by atoms with Crippen LogP contribution in [-0.2, 0) is 9.59 Å². The molecule has 25 heavy (non-hydrogen) atoms. The maximum absolute atomic E-state index is 12.8. The average molecular weight is 344 g/mol. The van der Waals surface area contributed by atoms with Crippen LogP contribution in [0.2, 0.25) is 0 Å². The van der Waals surface area contributed by atoms with Gasteiger partial charge in [0.15, 0.2) is 0 Å². The van der Waals surface area contributed by atoms with E-state index >= 15 is 0 Å². The molecule has 0 N–H and O–H groups in total. The summed E-state index contributed by atoms with van der Waals surface area (Å²) < 4.78 is 5.29. The van der Waals surface area contributed by atoms with Crippen LogP contribution in [0.4, 0.5) is 11.4 Å². The van der Waals surface area contributed by atoms with Gasteiger partial charge in [-0.3, -0.25) is 19.7 Å². The monoisotopic (exact) mass is 344 g/mol. The Morgan fingerprint density at radius 1 is 1.16 bits per heavy atom. The molecule has 1 heterocycles. The third-order valence-electron chi connectivity index (χ3n) is 5.04. The van der Waals surface area contributed by atoms with Crippen LogP contribution < -0.4 is 9.64 Å². The second-order valence-corrected chi connectivity index (χ2v) is 6.53. The number of hydrogen-bond donors (Lipinski definition) is 0. The zero-order valence-corrected chi connectivity index (χ0v) is 14.4. The van der Waals surface area contributed by atoms with Crippen molar-refractivity contribution < 1.29 is 19.2 Å². The lowest BCUT2D eigenvalue weighted by molar-refractivity contribution is -0.384. The van der Waals surface area contributed by atoms with E-state index in [1.54, 1.807) is 13.0 Å². The highest BCUT2D eigenvalue weighted by molar-refractivity contribution is 6.23. The molecule has 1 saturated heterocycles. The van der Waals surface area contributed by atoms with E-state index in [1.807, 2.05) is 13.8 Å². The highest BCUT2D eigenvalue weighted by atomic mass is 16.6. The number of allylic oxidation sites excluding steroid dienone is 2. The summed E-state index contributed by atoms with van der Waals surface area (Å²) in [6, 6.07) is 4.22. The first kappa shape index (κ1) is 17.1.